The van der Waals surface area contributed by atoms with Crippen LogP contribution in [0.3, 0.4) is 0 Å². The molecule has 2 amide bonds. The summed E-state index contributed by atoms with van der Waals surface area (Å²) in [5.74, 6) is -2.68. The van der Waals surface area contributed by atoms with Crippen molar-refractivity contribution in [2.24, 2.45) is 0 Å². The molecule has 13 heteroatoms. The first kappa shape index (κ1) is 23.4. The van der Waals surface area contributed by atoms with Gasteiger partial charge < -0.3 is 15.4 Å². The second kappa shape index (κ2) is 9.50. The molecule has 0 spiro atoms. The van der Waals surface area contributed by atoms with Gasteiger partial charge in [0.15, 0.2) is 6.61 Å². The van der Waals surface area contributed by atoms with Gasteiger partial charge in [-0.25, -0.2) is 8.42 Å². The molecule has 1 unspecified atom stereocenters. The van der Waals surface area contributed by atoms with Crippen LogP contribution in [0.15, 0.2) is 29.2 Å². The van der Waals surface area contributed by atoms with Gasteiger partial charge in [-0.3, -0.25) is 14.4 Å². The van der Waals surface area contributed by atoms with Crippen molar-refractivity contribution in [2.45, 2.75) is 31.0 Å². The summed E-state index contributed by atoms with van der Waals surface area (Å²) in [4.78, 5) is 33.6. The third kappa shape index (κ3) is 8.35. The number of carbonyl (C=O) groups is 3. The van der Waals surface area contributed by atoms with Crippen LogP contribution in [0, 0.1) is 0 Å². The first-order valence-electron chi connectivity index (χ1n) is 7.70. The summed E-state index contributed by atoms with van der Waals surface area (Å²) in [7, 11) is -4.13. The average molecular weight is 425 g/mol. The average Bonchev–Trinajstić information content (AvgIpc) is 2.56. The predicted octanol–water partition coefficient (Wildman–Crippen LogP) is 0.533. The molecule has 0 bridgehead atoms. The van der Waals surface area contributed by atoms with Crippen molar-refractivity contribution in [3.8, 4) is 0 Å². The lowest BCUT2D eigenvalue weighted by molar-refractivity contribution is -0.152. The van der Waals surface area contributed by atoms with Gasteiger partial charge >= 0.3 is 12.1 Å². The van der Waals surface area contributed by atoms with Gasteiger partial charge in [-0.05, 0) is 31.2 Å². The molecule has 3 N–H and O–H groups in total. The maximum Gasteiger partial charge on any atom is 0.405 e. The van der Waals surface area contributed by atoms with Crippen molar-refractivity contribution in [1.82, 2.24) is 10.0 Å². The summed E-state index contributed by atoms with van der Waals surface area (Å²) in [5, 5.41) is 3.95. The van der Waals surface area contributed by atoms with Crippen LogP contribution in [-0.4, -0.2) is 51.6 Å². The third-order valence-corrected chi connectivity index (χ3v) is 4.56. The molecule has 0 aromatic heterocycles. The number of halogens is 3. The highest BCUT2D eigenvalue weighted by Gasteiger charge is 2.28. The van der Waals surface area contributed by atoms with Crippen LogP contribution in [0.1, 0.15) is 13.8 Å². The van der Waals surface area contributed by atoms with Gasteiger partial charge in [0, 0.05) is 12.6 Å². The highest BCUT2D eigenvalue weighted by atomic mass is 32.2. The SMILES string of the molecule is CC(=O)Nc1ccc(S(=O)(=O)NC(C)C(=O)OCC(=O)NCC(F)(F)F)cc1. The first-order chi connectivity index (χ1) is 12.8. The van der Waals surface area contributed by atoms with Crippen molar-refractivity contribution < 1.29 is 40.7 Å². The molecule has 1 atom stereocenters. The number of alkyl halides is 3. The van der Waals surface area contributed by atoms with Gasteiger partial charge in [0.2, 0.25) is 15.9 Å². The molecular weight excluding hydrogens is 407 g/mol. The van der Waals surface area contributed by atoms with Gasteiger partial charge in [-0.15, -0.1) is 0 Å². The van der Waals surface area contributed by atoms with Gasteiger partial charge in [0.05, 0.1) is 4.90 Å². The number of ether oxygens (including phenoxy) is 1. The Labute approximate surface area is 158 Å². The summed E-state index contributed by atoms with van der Waals surface area (Å²) < 4.78 is 66.8. The smallest absolute Gasteiger partial charge is 0.405 e. The van der Waals surface area contributed by atoms with Crippen molar-refractivity contribution in [2.75, 3.05) is 18.5 Å². The first-order valence-corrected chi connectivity index (χ1v) is 9.18. The minimum atomic E-state index is -4.61. The number of hydrogen-bond donors (Lipinski definition) is 3. The Kier molecular flexibility index (Phi) is 7.93. The summed E-state index contributed by atoms with van der Waals surface area (Å²) in [6.45, 7) is -0.158. The van der Waals surface area contributed by atoms with Crippen molar-refractivity contribution in [3.63, 3.8) is 0 Å². The fourth-order valence-electron chi connectivity index (χ4n) is 1.78. The Morgan fingerprint density at radius 1 is 1.14 bits per heavy atom. The van der Waals surface area contributed by atoms with Crippen molar-refractivity contribution >= 4 is 33.5 Å². The molecule has 9 nitrogen and oxygen atoms in total. The van der Waals surface area contributed by atoms with Crippen LogP contribution in [-0.2, 0) is 29.1 Å². The zero-order valence-electron chi connectivity index (χ0n) is 14.8. The lowest BCUT2D eigenvalue weighted by Crippen LogP contribution is -2.41. The Morgan fingerprint density at radius 2 is 1.71 bits per heavy atom. The second-order valence-corrected chi connectivity index (χ2v) is 7.26. The number of sulfonamides is 1. The molecule has 1 aromatic carbocycles. The highest BCUT2D eigenvalue weighted by molar-refractivity contribution is 7.89. The van der Waals surface area contributed by atoms with Crippen molar-refractivity contribution in [1.29, 1.82) is 0 Å². The molecule has 0 fully saturated rings. The minimum absolute atomic E-state index is 0.204. The number of benzene rings is 1. The van der Waals surface area contributed by atoms with E-state index in [1.165, 1.54) is 36.5 Å². The van der Waals surface area contributed by atoms with E-state index in [0.717, 1.165) is 6.92 Å². The van der Waals surface area contributed by atoms with E-state index in [1.54, 1.807) is 0 Å². The van der Waals surface area contributed by atoms with E-state index in [2.05, 4.69) is 10.1 Å². The Hall–Kier alpha value is -2.67. The minimum Gasteiger partial charge on any atom is -0.454 e. The van der Waals surface area contributed by atoms with Crippen LogP contribution in [0.25, 0.3) is 0 Å². The van der Waals surface area contributed by atoms with Crippen LogP contribution in [0.2, 0.25) is 0 Å². The molecule has 1 aromatic rings. The maximum atomic E-state index is 12.2. The number of anilines is 1. The number of amides is 2. The van der Waals surface area contributed by atoms with E-state index in [0.29, 0.717) is 5.69 Å². The van der Waals surface area contributed by atoms with E-state index in [1.807, 2.05) is 4.72 Å². The predicted molar refractivity (Wildman–Crippen MR) is 90.6 cm³/mol. The summed E-state index contributed by atoms with van der Waals surface area (Å²) in [6.07, 6.45) is -4.61. The monoisotopic (exact) mass is 425 g/mol. The van der Waals surface area contributed by atoms with Crippen LogP contribution in [0.4, 0.5) is 18.9 Å². The quantitative estimate of drug-likeness (QED) is 0.521. The number of esters is 1. The highest BCUT2D eigenvalue weighted by Crippen LogP contribution is 2.14. The van der Waals surface area contributed by atoms with Gasteiger partial charge in [-0.2, -0.15) is 17.9 Å². The molecule has 0 aliphatic carbocycles. The molecular formula is C15H18F3N3O6S. The largest absolute Gasteiger partial charge is 0.454 e. The van der Waals surface area contributed by atoms with E-state index in [4.69, 9.17) is 0 Å². The fraction of sp³-hybridized carbons (Fsp3) is 0.400. The van der Waals surface area contributed by atoms with Gasteiger partial charge in [0.25, 0.3) is 5.91 Å². The van der Waals surface area contributed by atoms with E-state index < -0.39 is 47.3 Å². The summed E-state index contributed by atoms with van der Waals surface area (Å²) in [6, 6.07) is 3.65. The topological polar surface area (TPSA) is 131 Å². The third-order valence-electron chi connectivity index (χ3n) is 3.00. The van der Waals surface area contributed by atoms with Gasteiger partial charge in [-0.1, -0.05) is 0 Å². The van der Waals surface area contributed by atoms with E-state index >= 15 is 0 Å². The molecule has 28 heavy (non-hydrogen) atoms. The zero-order valence-corrected chi connectivity index (χ0v) is 15.6. The summed E-state index contributed by atoms with van der Waals surface area (Å²) >= 11 is 0. The number of rotatable bonds is 8. The fourth-order valence-corrected chi connectivity index (χ4v) is 2.97. The molecule has 0 saturated carbocycles. The number of hydrogen-bond acceptors (Lipinski definition) is 6. The Balaban J connectivity index is 2.59. The summed E-state index contributed by atoms with van der Waals surface area (Å²) in [5.41, 5.74) is 0.365. The maximum absolute atomic E-state index is 12.2. The van der Waals surface area contributed by atoms with E-state index in [9.17, 15) is 36.0 Å². The molecule has 156 valence electrons. The molecule has 0 radical (unpaired) electrons. The van der Waals surface area contributed by atoms with Crippen LogP contribution < -0.4 is 15.4 Å². The van der Waals surface area contributed by atoms with Gasteiger partial charge in [0.1, 0.15) is 12.6 Å². The van der Waals surface area contributed by atoms with Crippen molar-refractivity contribution in [3.05, 3.63) is 24.3 Å². The molecule has 0 heterocycles. The lowest BCUT2D eigenvalue weighted by atomic mass is 10.3. The Bertz CT molecular complexity index is 824. The van der Waals surface area contributed by atoms with Crippen LogP contribution in [0.5, 0.6) is 0 Å². The number of carbonyl (C=O) groups excluding carboxylic acids is 3. The zero-order chi connectivity index (χ0) is 21.5. The normalized spacial score (nSPS) is 12.8. The molecule has 0 aliphatic rings. The van der Waals surface area contributed by atoms with E-state index in [-0.39, 0.29) is 10.8 Å². The lowest BCUT2D eigenvalue weighted by Gasteiger charge is -2.14. The number of nitrogens with one attached hydrogen (secondary N) is 3. The second-order valence-electron chi connectivity index (χ2n) is 5.55. The Morgan fingerprint density at radius 3 is 2.21 bits per heavy atom. The standard InChI is InChI=1S/C15H18F3N3O6S/c1-9(14(24)27-7-13(23)19-8-15(16,17)18)21-28(25,26)12-5-3-11(4-6-12)20-10(2)22/h3-6,9,21H,7-8H2,1-2H3,(H,19,23)(H,20,22). The van der Waals surface area contributed by atoms with Crippen LogP contribution >= 0.6 is 0 Å². The molecule has 1 rings (SSSR count). The molecule has 0 saturated heterocycles. The molecule has 0 aliphatic heterocycles.